The first kappa shape index (κ1) is 15.2. The van der Waals surface area contributed by atoms with Crippen LogP contribution in [-0.4, -0.2) is 0 Å². The molecule has 0 N–H and O–H groups in total. The van der Waals surface area contributed by atoms with Crippen LogP contribution in [0.3, 0.4) is 0 Å². The van der Waals surface area contributed by atoms with E-state index >= 15 is 0 Å². The first-order valence-corrected chi connectivity index (χ1v) is 6.47. The molecule has 0 aliphatic heterocycles. The lowest BCUT2D eigenvalue weighted by molar-refractivity contribution is -0.143. The Morgan fingerprint density at radius 3 is 1.55 bits per heavy atom. The highest BCUT2D eigenvalue weighted by molar-refractivity contribution is 5.35. The summed E-state index contributed by atoms with van der Waals surface area (Å²) < 4.78 is 76.4. The van der Waals surface area contributed by atoms with Crippen molar-refractivity contribution in [3.63, 3.8) is 0 Å². The molecule has 0 spiro atoms. The van der Waals surface area contributed by atoms with E-state index in [0.717, 1.165) is 31.4 Å². The lowest BCUT2D eigenvalue weighted by atomic mass is 9.83. The minimum absolute atomic E-state index is 0.159. The normalized spacial score (nSPS) is 18.3. The first-order valence-electron chi connectivity index (χ1n) is 6.47. The third-order valence-corrected chi connectivity index (χ3v) is 3.69. The van der Waals surface area contributed by atoms with Crippen LogP contribution < -0.4 is 0 Å². The van der Waals surface area contributed by atoms with E-state index in [0.29, 0.717) is 12.8 Å². The first-order chi connectivity index (χ1) is 9.18. The van der Waals surface area contributed by atoms with Gasteiger partial charge in [-0.1, -0.05) is 19.3 Å². The second-order valence-electron chi connectivity index (χ2n) is 5.17. The molecule has 0 atom stereocenters. The van der Waals surface area contributed by atoms with Gasteiger partial charge in [0.15, 0.2) is 0 Å². The van der Waals surface area contributed by atoms with E-state index in [9.17, 15) is 26.3 Å². The van der Waals surface area contributed by atoms with Crippen molar-refractivity contribution in [3.05, 3.63) is 34.9 Å². The van der Waals surface area contributed by atoms with E-state index in [1.165, 1.54) is 0 Å². The molecular weight excluding hydrogens is 282 g/mol. The molecule has 112 valence electrons. The van der Waals surface area contributed by atoms with Crippen molar-refractivity contribution < 1.29 is 26.3 Å². The Morgan fingerprint density at radius 2 is 1.15 bits per heavy atom. The molecule has 1 aromatic carbocycles. The summed E-state index contributed by atoms with van der Waals surface area (Å²) in [6, 6.07) is 1.92. The molecule has 1 saturated carbocycles. The molecule has 0 nitrogen and oxygen atoms in total. The molecule has 0 heterocycles. The fourth-order valence-electron chi connectivity index (χ4n) is 2.65. The zero-order valence-electron chi connectivity index (χ0n) is 10.6. The molecule has 0 saturated heterocycles. The van der Waals surface area contributed by atoms with E-state index in [1.807, 2.05) is 0 Å². The Labute approximate surface area is 112 Å². The van der Waals surface area contributed by atoms with E-state index in [1.54, 1.807) is 0 Å². The highest BCUT2D eigenvalue weighted by atomic mass is 19.4. The summed E-state index contributed by atoms with van der Waals surface area (Å²) in [6.07, 6.45) is -5.53. The predicted octanol–water partition coefficient (Wildman–Crippen LogP) is 5.77. The highest BCUT2D eigenvalue weighted by Crippen LogP contribution is 2.40. The average molecular weight is 296 g/mol. The van der Waals surface area contributed by atoms with Crippen molar-refractivity contribution in [2.24, 2.45) is 0 Å². The summed E-state index contributed by atoms with van der Waals surface area (Å²) in [7, 11) is 0. The smallest absolute Gasteiger partial charge is 0.166 e. The van der Waals surface area contributed by atoms with E-state index in [2.05, 4.69) is 0 Å². The van der Waals surface area contributed by atoms with Crippen molar-refractivity contribution in [1.82, 2.24) is 0 Å². The van der Waals surface area contributed by atoms with Gasteiger partial charge >= 0.3 is 12.4 Å². The van der Waals surface area contributed by atoms with Gasteiger partial charge in [0.05, 0.1) is 11.1 Å². The van der Waals surface area contributed by atoms with Crippen LogP contribution in [0.2, 0.25) is 0 Å². The molecule has 0 aromatic heterocycles. The molecule has 0 amide bonds. The summed E-state index contributed by atoms with van der Waals surface area (Å²) in [4.78, 5) is 0. The number of hydrogen-bond acceptors (Lipinski definition) is 0. The fourth-order valence-corrected chi connectivity index (χ4v) is 2.65. The Hall–Kier alpha value is -1.20. The summed E-state index contributed by atoms with van der Waals surface area (Å²) in [5, 5.41) is 0. The fraction of sp³-hybridized carbons (Fsp3) is 0.571. The molecule has 1 aliphatic rings. The molecule has 0 bridgehead atoms. The van der Waals surface area contributed by atoms with Gasteiger partial charge in [-0.15, -0.1) is 0 Å². The van der Waals surface area contributed by atoms with Crippen molar-refractivity contribution in [1.29, 1.82) is 0 Å². The maximum Gasteiger partial charge on any atom is 0.416 e. The molecule has 2 rings (SSSR count). The van der Waals surface area contributed by atoms with Crippen LogP contribution in [0.25, 0.3) is 0 Å². The van der Waals surface area contributed by atoms with E-state index in [4.69, 9.17) is 0 Å². The minimum Gasteiger partial charge on any atom is -0.166 e. The van der Waals surface area contributed by atoms with Crippen LogP contribution in [0.4, 0.5) is 26.3 Å². The van der Waals surface area contributed by atoms with Gasteiger partial charge in [-0.05, 0) is 42.5 Å². The molecular formula is C14H14F6. The van der Waals surface area contributed by atoms with Crippen molar-refractivity contribution in [2.45, 2.75) is 50.4 Å². The number of rotatable bonds is 1. The Balaban J connectivity index is 2.45. The van der Waals surface area contributed by atoms with Gasteiger partial charge in [0.1, 0.15) is 0 Å². The Kier molecular flexibility index (Phi) is 4.02. The highest BCUT2D eigenvalue weighted by Gasteiger charge is 2.37. The molecule has 1 fully saturated rings. The molecule has 1 aromatic rings. The van der Waals surface area contributed by atoms with Crippen molar-refractivity contribution in [3.8, 4) is 0 Å². The van der Waals surface area contributed by atoms with Gasteiger partial charge in [-0.2, -0.15) is 26.3 Å². The maximum absolute atomic E-state index is 12.7. The van der Waals surface area contributed by atoms with E-state index < -0.39 is 23.5 Å². The van der Waals surface area contributed by atoms with Gasteiger partial charge in [0, 0.05) is 0 Å². The van der Waals surface area contributed by atoms with E-state index in [-0.39, 0.29) is 17.5 Å². The van der Waals surface area contributed by atoms with Crippen LogP contribution in [0.15, 0.2) is 18.2 Å². The zero-order chi connectivity index (χ0) is 15.0. The molecule has 1 aliphatic carbocycles. The zero-order valence-corrected chi connectivity index (χ0v) is 10.6. The number of halogens is 6. The second-order valence-corrected chi connectivity index (χ2v) is 5.17. The molecule has 0 unspecified atom stereocenters. The third kappa shape index (κ3) is 3.46. The summed E-state index contributed by atoms with van der Waals surface area (Å²) in [5.74, 6) is -0.202. The minimum atomic E-state index is -4.76. The summed E-state index contributed by atoms with van der Waals surface area (Å²) in [5.41, 5.74) is -2.27. The van der Waals surface area contributed by atoms with Crippen LogP contribution in [0.1, 0.15) is 54.7 Å². The van der Waals surface area contributed by atoms with Gasteiger partial charge < -0.3 is 0 Å². The van der Waals surface area contributed by atoms with Gasteiger partial charge in [-0.3, -0.25) is 0 Å². The molecule has 0 radical (unpaired) electrons. The Morgan fingerprint density at radius 1 is 0.700 bits per heavy atom. The van der Waals surface area contributed by atoms with Crippen molar-refractivity contribution >= 4 is 0 Å². The number of benzene rings is 1. The predicted molar refractivity (Wildman–Crippen MR) is 62.3 cm³/mol. The number of alkyl halides is 6. The third-order valence-electron chi connectivity index (χ3n) is 3.69. The Bertz CT molecular complexity index is 433. The van der Waals surface area contributed by atoms with Crippen molar-refractivity contribution in [2.75, 3.05) is 0 Å². The topological polar surface area (TPSA) is 0 Å². The number of hydrogen-bond donors (Lipinski definition) is 0. The molecule has 20 heavy (non-hydrogen) atoms. The van der Waals surface area contributed by atoms with Crippen LogP contribution in [0, 0.1) is 0 Å². The molecule has 6 heteroatoms. The maximum atomic E-state index is 12.7. The largest absolute Gasteiger partial charge is 0.416 e. The summed E-state index contributed by atoms with van der Waals surface area (Å²) >= 11 is 0. The van der Waals surface area contributed by atoms with Gasteiger partial charge in [-0.25, -0.2) is 0 Å². The summed E-state index contributed by atoms with van der Waals surface area (Å²) in [6.45, 7) is 0. The lowest BCUT2D eigenvalue weighted by Crippen LogP contribution is -2.14. The SMILES string of the molecule is FC(F)(F)c1cc(C2CCCCC2)cc(C(F)(F)F)c1. The van der Waals surface area contributed by atoms with Gasteiger partial charge in [0.2, 0.25) is 0 Å². The van der Waals surface area contributed by atoms with Crippen LogP contribution >= 0.6 is 0 Å². The quantitative estimate of drug-likeness (QED) is 0.577. The van der Waals surface area contributed by atoms with Crippen LogP contribution in [0.5, 0.6) is 0 Å². The average Bonchev–Trinajstić information content (AvgIpc) is 2.37. The monoisotopic (exact) mass is 296 g/mol. The van der Waals surface area contributed by atoms with Crippen LogP contribution in [-0.2, 0) is 12.4 Å². The lowest BCUT2D eigenvalue weighted by Gasteiger charge is -2.24. The second kappa shape index (κ2) is 5.30. The van der Waals surface area contributed by atoms with Gasteiger partial charge in [0.25, 0.3) is 0 Å². The standard InChI is InChI=1S/C14H14F6/c15-13(16,17)11-6-10(9-4-2-1-3-5-9)7-12(8-11)14(18,19)20/h6-9H,1-5H2.